The van der Waals surface area contributed by atoms with E-state index in [9.17, 15) is 0 Å². The summed E-state index contributed by atoms with van der Waals surface area (Å²) in [7, 11) is 0. The third-order valence-corrected chi connectivity index (χ3v) is 4.41. The highest BCUT2D eigenvalue weighted by Crippen LogP contribution is 2.25. The Morgan fingerprint density at radius 1 is 1.17 bits per heavy atom. The molecule has 24 heavy (non-hydrogen) atoms. The normalized spacial score (nSPS) is 10.3. The van der Waals surface area contributed by atoms with Gasteiger partial charge in [-0.15, -0.1) is 16.8 Å². The number of pyridine rings is 1. The Morgan fingerprint density at radius 2 is 2.00 bits per heavy atom. The molecule has 3 aromatic rings. The Balaban J connectivity index is 1.81. The van der Waals surface area contributed by atoms with E-state index in [2.05, 4.69) is 27.8 Å². The van der Waals surface area contributed by atoms with E-state index in [-0.39, 0.29) is 0 Å². The molecule has 0 fully saturated rings. The van der Waals surface area contributed by atoms with E-state index >= 15 is 0 Å². The van der Waals surface area contributed by atoms with E-state index < -0.39 is 0 Å². The Kier molecular flexibility index (Phi) is 5.04. The van der Waals surface area contributed by atoms with Crippen molar-refractivity contribution in [2.75, 3.05) is 0 Å². The smallest absolute Gasteiger partial charge is 0.192 e. The van der Waals surface area contributed by atoms with E-state index in [1.165, 1.54) is 0 Å². The zero-order chi connectivity index (χ0) is 16.8. The van der Waals surface area contributed by atoms with Crippen LogP contribution in [0.2, 0.25) is 0 Å². The van der Waals surface area contributed by atoms with Gasteiger partial charge in [0.25, 0.3) is 0 Å². The molecule has 0 radical (unpaired) electrons. The maximum atomic E-state index is 8.85. The van der Waals surface area contributed by atoms with Crippen LogP contribution in [-0.2, 0) is 12.3 Å². The molecule has 0 saturated carbocycles. The van der Waals surface area contributed by atoms with Gasteiger partial charge in [-0.05, 0) is 29.8 Å². The van der Waals surface area contributed by atoms with Gasteiger partial charge in [0.05, 0.1) is 11.6 Å². The third-order valence-electron chi connectivity index (χ3n) is 3.37. The summed E-state index contributed by atoms with van der Waals surface area (Å²) >= 11 is 1.60. The van der Waals surface area contributed by atoms with Crippen molar-refractivity contribution in [1.82, 2.24) is 19.7 Å². The lowest BCUT2D eigenvalue weighted by atomic mass is 10.2. The summed E-state index contributed by atoms with van der Waals surface area (Å²) in [6, 6.07) is 15.4. The summed E-state index contributed by atoms with van der Waals surface area (Å²) in [4.78, 5) is 4.35. The lowest BCUT2D eigenvalue weighted by Gasteiger charge is -2.07. The Hall–Kier alpha value is -2.91. The molecular formula is C18H15N5S. The summed E-state index contributed by atoms with van der Waals surface area (Å²) in [5.74, 6) is 1.49. The van der Waals surface area contributed by atoms with Crippen LogP contribution in [0.5, 0.6) is 0 Å². The van der Waals surface area contributed by atoms with Crippen molar-refractivity contribution in [2.24, 2.45) is 0 Å². The van der Waals surface area contributed by atoms with Crippen LogP contribution in [0.4, 0.5) is 0 Å². The molecule has 0 saturated heterocycles. The number of nitriles is 1. The van der Waals surface area contributed by atoms with Crippen molar-refractivity contribution in [3.8, 4) is 17.6 Å². The van der Waals surface area contributed by atoms with Gasteiger partial charge in [0.1, 0.15) is 5.69 Å². The molecule has 3 rings (SSSR count). The van der Waals surface area contributed by atoms with Crippen molar-refractivity contribution in [3.05, 3.63) is 72.4 Å². The van der Waals surface area contributed by atoms with Crippen LogP contribution in [0, 0.1) is 11.3 Å². The minimum atomic E-state index is 0.620. The highest BCUT2D eigenvalue weighted by molar-refractivity contribution is 7.98. The zero-order valence-electron chi connectivity index (χ0n) is 13.0. The first-order chi connectivity index (χ1) is 11.8. The summed E-state index contributed by atoms with van der Waals surface area (Å²) in [6.07, 6.45) is 3.56. The molecule has 0 atom stereocenters. The number of allylic oxidation sites excluding steroid dienone is 1. The molecule has 2 heterocycles. The molecule has 118 valence electrons. The average Bonchev–Trinajstić information content (AvgIpc) is 3.04. The maximum Gasteiger partial charge on any atom is 0.192 e. The Morgan fingerprint density at radius 3 is 2.67 bits per heavy atom. The lowest BCUT2D eigenvalue weighted by Crippen LogP contribution is -2.01. The number of hydrogen-bond acceptors (Lipinski definition) is 5. The number of thioether (sulfide) groups is 1. The quantitative estimate of drug-likeness (QED) is 0.508. The van der Waals surface area contributed by atoms with Crippen LogP contribution in [0.1, 0.15) is 11.1 Å². The van der Waals surface area contributed by atoms with Crippen molar-refractivity contribution < 1.29 is 0 Å². The molecular weight excluding hydrogens is 318 g/mol. The van der Waals surface area contributed by atoms with Crippen LogP contribution in [0.3, 0.4) is 0 Å². The molecule has 0 N–H and O–H groups in total. The second-order valence-corrected chi connectivity index (χ2v) is 5.96. The fourth-order valence-electron chi connectivity index (χ4n) is 2.20. The molecule has 6 heteroatoms. The molecule has 1 aromatic carbocycles. The van der Waals surface area contributed by atoms with Crippen LogP contribution < -0.4 is 0 Å². The van der Waals surface area contributed by atoms with Crippen LogP contribution in [0.15, 0.2) is 66.5 Å². The van der Waals surface area contributed by atoms with Crippen LogP contribution in [-0.4, -0.2) is 19.7 Å². The first kappa shape index (κ1) is 16.0. The standard InChI is InChI=1S/C18H15N5S/c1-2-11-23-17(16-5-3-4-10-20-16)21-22-18(23)24-13-15-8-6-14(12-19)7-9-15/h2-10H,1,11,13H2. The SMILES string of the molecule is C=CCn1c(SCc2ccc(C#N)cc2)nnc1-c1ccccn1. The van der Waals surface area contributed by atoms with Gasteiger partial charge >= 0.3 is 0 Å². The number of benzene rings is 1. The molecule has 0 aliphatic rings. The second kappa shape index (κ2) is 7.57. The molecule has 0 unspecified atom stereocenters. The molecule has 0 aliphatic heterocycles. The summed E-state index contributed by atoms with van der Waals surface area (Å²) in [5.41, 5.74) is 2.58. The van der Waals surface area contributed by atoms with E-state index in [1.807, 2.05) is 53.1 Å². The first-order valence-corrected chi connectivity index (χ1v) is 8.37. The van der Waals surface area contributed by atoms with Crippen molar-refractivity contribution in [2.45, 2.75) is 17.5 Å². The molecule has 0 bridgehead atoms. The van der Waals surface area contributed by atoms with Gasteiger partial charge in [0.2, 0.25) is 0 Å². The van der Waals surface area contributed by atoms with E-state index in [0.717, 1.165) is 28.0 Å². The largest absolute Gasteiger partial charge is 0.297 e. The summed E-state index contributed by atoms with van der Waals surface area (Å²) in [6.45, 7) is 4.43. The minimum Gasteiger partial charge on any atom is -0.297 e. The van der Waals surface area contributed by atoms with Gasteiger partial charge in [0.15, 0.2) is 11.0 Å². The maximum absolute atomic E-state index is 8.85. The van der Waals surface area contributed by atoms with E-state index in [4.69, 9.17) is 5.26 Å². The van der Waals surface area contributed by atoms with Crippen molar-refractivity contribution in [1.29, 1.82) is 5.26 Å². The second-order valence-electron chi connectivity index (χ2n) is 5.02. The van der Waals surface area contributed by atoms with Gasteiger partial charge in [-0.25, -0.2) is 0 Å². The van der Waals surface area contributed by atoms with Crippen molar-refractivity contribution in [3.63, 3.8) is 0 Å². The summed E-state index contributed by atoms with van der Waals surface area (Å²) < 4.78 is 2.00. The fraction of sp³-hybridized carbons (Fsp3) is 0.111. The number of hydrogen-bond donors (Lipinski definition) is 0. The highest BCUT2D eigenvalue weighted by Gasteiger charge is 2.14. The van der Waals surface area contributed by atoms with Gasteiger partial charge in [-0.1, -0.05) is 36.0 Å². The molecule has 0 aliphatic carbocycles. The zero-order valence-corrected chi connectivity index (χ0v) is 13.8. The lowest BCUT2D eigenvalue weighted by molar-refractivity contribution is 0.729. The topological polar surface area (TPSA) is 67.4 Å². The highest BCUT2D eigenvalue weighted by atomic mass is 32.2. The molecule has 0 amide bonds. The van der Waals surface area contributed by atoms with Gasteiger partial charge in [-0.3, -0.25) is 9.55 Å². The number of aromatic nitrogens is 4. The predicted octanol–water partition coefficient (Wildman–Crippen LogP) is 3.69. The Labute approximate surface area is 144 Å². The van der Waals surface area contributed by atoms with E-state index in [1.54, 1.807) is 18.0 Å². The summed E-state index contributed by atoms with van der Waals surface area (Å²) in [5, 5.41) is 18.2. The van der Waals surface area contributed by atoms with Crippen LogP contribution >= 0.6 is 11.8 Å². The third kappa shape index (κ3) is 3.53. The van der Waals surface area contributed by atoms with Crippen molar-refractivity contribution >= 4 is 11.8 Å². The fourth-order valence-corrected chi connectivity index (χ4v) is 3.10. The molecule has 0 spiro atoms. The monoisotopic (exact) mass is 333 g/mol. The number of rotatable bonds is 6. The Bertz CT molecular complexity index is 863. The average molecular weight is 333 g/mol. The van der Waals surface area contributed by atoms with Gasteiger partial charge in [0, 0.05) is 18.5 Å². The predicted molar refractivity (Wildman–Crippen MR) is 94.2 cm³/mol. The van der Waals surface area contributed by atoms with E-state index in [0.29, 0.717) is 12.1 Å². The van der Waals surface area contributed by atoms with Crippen LogP contribution in [0.25, 0.3) is 11.5 Å². The molecule has 2 aromatic heterocycles. The van der Waals surface area contributed by atoms with Gasteiger partial charge in [-0.2, -0.15) is 5.26 Å². The minimum absolute atomic E-state index is 0.620. The number of nitrogens with zero attached hydrogens (tertiary/aromatic N) is 5. The first-order valence-electron chi connectivity index (χ1n) is 7.39. The molecule has 5 nitrogen and oxygen atoms in total. The van der Waals surface area contributed by atoms with Gasteiger partial charge < -0.3 is 0 Å².